The second kappa shape index (κ2) is 12.5. The predicted molar refractivity (Wildman–Crippen MR) is 149 cm³/mol. The molecule has 1 fully saturated rings. The Labute approximate surface area is 232 Å². The lowest BCUT2D eigenvalue weighted by atomic mass is 9.94. The number of carbonyl (C=O) groups is 2. The van der Waals surface area contributed by atoms with Crippen LogP contribution in [0.25, 0.3) is 0 Å². The molecule has 0 aromatic heterocycles. The van der Waals surface area contributed by atoms with E-state index in [2.05, 4.69) is 10.0 Å². The van der Waals surface area contributed by atoms with Gasteiger partial charge in [-0.2, -0.15) is 4.72 Å². The van der Waals surface area contributed by atoms with Crippen molar-refractivity contribution in [1.82, 2.24) is 14.9 Å². The van der Waals surface area contributed by atoms with Gasteiger partial charge in [-0.25, -0.2) is 8.42 Å². The molecule has 0 radical (unpaired) electrons. The average molecular weight is 568 g/mol. The molecule has 1 unspecified atom stereocenters. The number of piperidine rings is 1. The number of esters is 1. The highest BCUT2D eigenvalue weighted by Gasteiger charge is 2.37. The lowest BCUT2D eigenvalue weighted by Gasteiger charge is -2.32. The standard InChI is InChI=1S/C27H45N5O6S/c1-7-37-25(34)19-10-13-32(14-11-19)24(33)21(28)9-8-12-30-26(29)31-39(35,36)23-17(3)16(2)22-20(18(23)4)15-27(5,6)38-22/h19,21,26,30-31H,7-15,28-29H2,1-6H3/t21-,26?/m0/s1. The van der Waals surface area contributed by atoms with Crippen molar-refractivity contribution in [2.24, 2.45) is 17.4 Å². The fourth-order valence-electron chi connectivity index (χ4n) is 5.45. The SMILES string of the molecule is CCOC(=O)C1CCN(C(=O)[C@@H](N)CCCNC(N)NS(=O)(=O)c2c(C)c(C)c3c(c2C)CC(C)(C)O3)CC1. The van der Waals surface area contributed by atoms with Crippen LogP contribution in [0.1, 0.15) is 68.7 Å². The second-order valence-electron chi connectivity index (χ2n) is 11.2. The molecule has 1 aromatic rings. The lowest BCUT2D eigenvalue weighted by molar-refractivity contribution is -0.151. The Morgan fingerprint density at radius 2 is 1.77 bits per heavy atom. The van der Waals surface area contributed by atoms with Gasteiger partial charge in [-0.1, -0.05) is 0 Å². The van der Waals surface area contributed by atoms with Crippen molar-refractivity contribution >= 4 is 21.9 Å². The van der Waals surface area contributed by atoms with Gasteiger partial charge in [0.2, 0.25) is 15.9 Å². The number of hydrogen-bond donors (Lipinski definition) is 4. The number of nitrogens with one attached hydrogen (secondary N) is 2. The van der Waals surface area contributed by atoms with Gasteiger partial charge in [0.15, 0.2) is 0 Å². The number of nitrogens with zero attached hydrogens (tertiary/aromatic N) is 1. The van der Waals surface area contributed by atoms with Crippen LogP contribution in [-0.4, -0.2) is 69.4 Å². The molecule has 1 saturated heterocycles. The maximum absolute atomic E-state index is 13.3. The first-order chi connectivity index (χ1) is 18.2. The molecule has 12 heteroatoms. The minimum atomic E-state index is -3.91. The van der Waals surface area contributed by atoms with Crippen molar-refractivity contribution < 1.29 is 27.5 Å². The molecule has 2 heterocycles. The molecule has 0 saturated carbocycles. The number of likely N-dealkylation sites (tertiary alicyclic amines) is 1. The zero-order chi connectivity index (χ0) is 29.1. The number of rotatable bonds is 11. The largest absolute Gasteiger partial charge is 0.487 e. The summed E-state index contributed by atoms with van der Waals surface area (Å²) in [5.74, 6) is 0.243. The van der Waals surface area contributed by atoms with Gasteiger partial charge in [-0.05, 0) is 90.5 Å². The van der Waals surface area contributed by atoms with Crippen molar-refractivity contribution in [3.63, 3.8) is 0 Å². The van der Waals surface area contributed by atoms with Crippen LogP contribution in [-0.2, 0) is 30.8 Å². The van der Waals surface area contributed by atoms with Gasteiger partial charge in [0, 0.05) is 25.1 Å². The summed E-state index contributed by atoms with van der Waals surface area (Å²) in [5.41, 5.74) is 14.9. The van der Waals surface area contributed by atoms with Crippen molar-refractivity contribution in [2.75, 3.05) is 26.2 Å². The van der Waals surface area contributed by atoms with Crippen molar-refractivity contribution in [1.29, 1.82) is 0 Å². The molecule has 11 nitrogen and oxygen atoms in total. The second-order valence-corrected chi connectivity index (χ2v) is 12.9. The molecule has 0 aliphatic carbocycles. The molecule has 39 heavy (non-hydrogen) atoms. The first-order valence-corrected chi connectivity index (χ1v) is 15.2. The number of carbonyl (C=O) groups excluding carboxylic acids is 2. The first kappa shape index (κ1) is 31.3. The minimum absolute atomic E-state index is 0.146. The maximum atomic E-state index is 13.3. The predicted octanol–water partition coefficient (Wildman–Crippen LogP) is 1.34. The molecule has 1 amide bonds. The van der Waals surface area contributed by atoms with E-state index in [9.17, 15) is 18.0 Å². The van der Waals surface area contributed by atoms with Crippen LogP contribution in [0.2, 0.25) is 0 Å². The van der Waals surface area contributed by atoms with Crippen LogP contribution >= 0.6 is 0 Å². The zero-order valence-corrected chi connectivity index (χ0v) is 24.9. The monoisotopic (exact) mass is 567 g/mol. The van der Waals surface area contributed by atoms with Gasteiger partial charge in [0.1, 0.15) is 17.6 Å². The molecule has 0 spiro atoms. The highest BCUT2D eigenvalue weighted by molar-refractivity contribution is 7.89. The molecule has 2 aliphatic heterocycles. The number of nitrogens with two attached hydrogens (primary N) is 2. The molecule has 6 N–H and O–H groups in total. The summed E-state index contributed by atoms with van der Waals surface area (Å²) in [6.07, 6.45) is 1.71. The topological polar surface area (TPSA) is 166 Å². The van der Waals surface area contributed by atoms with E-state index < -0.39 is 22.4 Å². The van der Waals surface area contributed by atoms with Gasteiger partial charge in [-0.3, -0.25) is 14.9 Å². The normalized spacial score (nSPS) is 18.8. The van der Waals surface area contributed by atoms with E-state index in [0.717, 1.165) is 16.9 Å². The number of hydrogen-bond acceptors (Lipinski definition) is 9. The molecular formula is C27H45N5O6S. The summed E-state index contributed by atoms with van der Waals surface area (Å²) in [6.45, 7) is 12.9. The van der Waals surface area contributed by atoms with Crippen LogP contribution in [0.5, 0.6) is 5.75 Å². The summed E-state index contributed by atoms with van der Waals surface area (Å²) in [7, 11) is -3.91. The van der Waals surface area contributed by atoms with Crippen LogP contribution < -0.4 is 26.2 Å². The van der Waals surface area contributed by atoms with Crippen molar-refractivity contribution in [2.45, 2.75) is 96.5 Å². The lowest BCUT2D eigenvalue weighted by Crippen LogP contribution is -2.52. The Morgan fingerprint density at radius 1 is 1.13 bits per heavy atom. The third-order valence-electron chi connectivity index (χ3n) is 7.64. The van der Waals surface area contributed by atoms with Gasteiger partial charge in [0.05, 0.1) is 23.5 Å². The number of sulfonamides is 1. The maximum Gasteiger partial charge on any atom is 0.309 e. The fourth-order valence-corrected chi connectivity index (χ4v) is 7.07. The first-order valence-electron chi connectivity index (χ1n) is 13.7. The van der Waals surface area contributed by atoms with Crippen LogP contribution in [0.15, 0.2) is 4.90 Å². The van der Waals surface area contributed by atoms with E-state index in [1.807, 2.05) is 20.8 Å². The van der Waals surface area contributed by atoms with Gasteiger partial charge < -0.3 is 25.8 Å². The Hall–Kier alpha value is -2.25. The molecule has 3 rings (SSSR count). The van der Waals surface area contributed by atoms with E-state index >= 15 is 0 Å². The van der Waals surface area contributed by atoms with E-state index in [4.69, 9.17) is 20.9 Å². The number of ether oxygens (including phenoxy) is 2. The van der Waals surface area contributed by atoms with Crippen LogP contribution in [0, 0.1) is 26.7 Å². The Bertz CT molecular complexity index is 1180. The highest BCUT2D eigenvalue weighted by atomic mass is 32.2. The highest BCUT2D eigenvalue weighted by Crippen LogP contribution is 2.43. The third kappa shape index (κ3) is 7.29. The summed E-state index contributed by atoms with van der Waals surface area (Å²) in [5, 5.41) is 2.96. The van der Waals surface area contributed by atoms with Crippen LogP contribution in [0.3, 0.4) is 0 Å². The molecule has 220 valence electrons. The van der Waals surface area contributed by atoms with Gasteiger partial charge in [-0.15, -0.1) is 0 Å². The van der Waals surface area contributed by atoms with E-state index in [1.165, 1.54) is 0 Å². The van der Waals surface area contributed by atoms with Crippen molar-refractivity contribution in [3.05, 3.63) is 22.3 Å². The number of benzene rings is 1. The van der Waals surface area contributed by atoms with E-state index in [-0.39, 0.29) is 28.3 Å². The summed E-state index contributed by atoms with van der Waals surface area (Å²) in [6, 6.07) is -0.676. The zero-order valence-electron chi connectivity index (χ0n) is 24.1. The third-order valence-corrected chi connectivity index (χ3v) is 9.36. The van der Waals surface area contributed by atoms with E-state index in [0.29, 0.717) is 69.5 Å². The Kier molecular flexibility index (Phi) is 10.0. The number of amides is 1. The molecule has 0 bridgehead atoms. The van der Waals surface area contributed by atoms with E-state index in [1.54, 1.807) is 25.7 Å². The van der Waals surface area contributed by atoms with Gasteiger partial charge >= 0.3 is 5.97 Å². The summed E-state index contributed by atoms with van der Waals surface area (Å²) >= 11 is 0. The molecule has 1 aromatic carbocycles. The number of fused-ring (bicyclic) bond motifs is 1. The minimum Gasteiger partial charge on any atom is -0.487 e. The molecular weight excluding hydrogens is 522 g/mol. The fraction of sp³-hybridized carbons (Fsp3) is 0.704. The van der Waals surface area contributed by atoms with Crippen LogP contribution in [0.4, 0.5) is 0 Å². The molecule has 2 atom stereocenters. The van der Waals surface area contributed by atoms with Crippen molar-refractivity contribution in [3.8, 4) is 5.75 Å². The summed E-state index contributed by atoms with van der Waals surface area (Å²) in [4.78, 5) is 26.6. The Balaban J connectivity index is 1.48. The smallest absolute Gasteiger partial charge is 0.309 e. The van der Waals surface area contributed by atoms with Gasteiger partial charge in [0.25, 0.3) is 0 Å². The quantitative estimate of drug-likeness (QED) is 0.175. The Morgan fingerprint density at radius 3 is 2.38 bits per heavy atom. The molecule has 2 aliphatic rings. The summed E-state index contributed by atoms with van der Waals surface area (Å²) < 4.78 is 40.4. The average Bonchev–Trinajstić information content (AvgIpc) is 3.20.